The molecule has 0 aliphatic rings. The van der Waals surface area contributed by atoms with E-state index in [-0.39, 0.29) is 0 Å². The van der Waals surface area contributed by atoms with Crippen LogP contribution in [0.25, 0.3) is 21.2 Å². The Hall–Kier alpha value is -2.32. The molecule has 0 heterocycles. The molecule has 0 unspecified atom stereocenters. The van der Waals surface area contributed by atoms with Crippen molar-refractivity contribution in [1.82, 2.24) is 0 Å². The first-order valence-electron chi connectivity index (χ1n) is 4.39. The van der Waals surface area contributed by atoms with Crippen molar-refractivity contribution in [2.75, 3.05) is 0 Å². The summed E-state index contributed by atoms with van der Waals surface area (Å²) in [5.41, 5.74) is 9.53. The van der Waals surface area contributed by atoms with E-state index in [2.05, 4.69) is 10.0 Å². The molecule has 2 aromatic rings. The van der Waals surface area contributed by atoms with Crippen molar-refractivity contribution >= 4 is 22.7 Å². The Bertz CT molecular complexity index is 571. The zero-order valence-corrected chi connectivity index (χ0v) is 7.79. The van der Waals surface area contributed by atoms with Gasteiger partial charge in [-0.2, -0.15) is 0 Å². The van der Waals surface area contributed by atoms with Crippen LogP contribution in [0.2, 0.25) is 0 Å². The quantitative estimate of drug-likeness (QED) is 0.314. The molecular formula is C11H7N3O. The maximum atomic E-state index is 10.8. The molecule has 0 aliphatic heterocycles. The molecule has 0 amide bonds. The summed E-state index contributed by atoms with van der Waals surface area (Å²) in [6.07, 6.45) is 0.794. The molecule has 2 rings (SSSR count). The largest absolute Gasteiger partial charge is 0.298 e. The molecule has 15 heavy (non-hydrogen) atoms. The van der Waals surface area contributed by atoms with Gasteiger partial charge < -0.3 is 0 Å². The number of rotatable bonds is 2. The number of nitrogens with zero attached hydrogens (tertiary/aromatic N) is 3. The number of carbonyl (C=O) groups is 1. The van der Waals surface area contributed by atoms with Gasteiger partial charge in [0.15, 0.2) is 6.29 Å². The molecule has 0 saturated heterocycles. The van der Waals surface area contributed by atoms with Crippen LogP contribution in [-0.4, -0.2) is 6.29 Å². The molecule has 0 atom stereocenters. The van der Waals surface area contributed by atoms with E-state index in [1.807, 2.05) is 24.3 Å². The zero-order valence-electron chi connectivity index (χ0n) is 7.79. The molecule has 0 bridgehead atoms. The topological polar surface area (TPSA) is 65.8 Å². The minimum Gasteiger partial charge on any atom is -0.298 e. The van der Waals surface area contributed by atoms with Gasteiger partial charge in [-0.05, 0) is 16.3 Å². The maximum Gasteiger partial charge on any atom is 0.150 e. The van der Waals surface area contributed by atoms with Crippen molar-refractivity contribution < 1.29 is 4.79 Å². The molecule has 72 valence electrons. The lowest BCUT2D eigenvalue weighted by Gasteiger charge is -2.02. The van der Waals surface area contributed by atoms with E-state index in [4.69, 9.17) is 5.53 Å². The normalized spacial score (nSPS) is 9.60. The fourth-order valence-electron chi connectivity index (χ4n) is 1.54. The fraction of sp³-hybridized carbons (Fsp3) is 0. The number of hydrogen-bond donors (Lipinski definition) is 0. The van der Waals surface area contributed by atoms with Crippen LogP contribution in [0, 0.1) is 0 Å². The second kappa shape index (κ2) is 3.82. The van der Waals surface area contributed by atoms with Crippen LogP contribution in [-0.2, 0) is 0 Å². The van der Waals surface area contributed by atoms with Gasteiger partial charge in [-0.25, -0.2) is 0 Å². The second-order valence-corrected chi connectivity index (χ2v) is 3.03. The highest BCUT2D eigenvalue weighted by Gasteiger charge is 2.02. The van der Waals surface area contributed by atoms with E-state index in [1.165, 1.54) is 0 Å². The van der Waals surface area contributed by atoms with E-state index in [0.29, 0.717) is 11.3 Å². The van der Waals surface area contributed by atoms with Crippen LogP contribution in [0.1, 0.15) is 10.4 Å². The van der Waals surface area contributed by atoms with Gasteiger partial charge in [0, 0.05) is 16.2 Å². The molecule has 0 N–H and O–H groups in total. The van der Waals surface area contributed by atoms with Crippen LogP contribution in [0.15, 0.2) is 41.5 Å². The van der Waals surface area contributed by atoms with Gasteiger partial charge in [-0.3, -0.25) is 4.79 Å². The highest BCUT2D eigenvalue weighted by molar-refractivity contribution is 6.03. The van der Waals surface area contributed by atoms with Gasteiger partial charge in [0.05, 0.1) is 0 Å². The van der Waals surface area contributed by atoms with Crippen LogP contribution in [0.3, 0.4) is 0 Å². The summed E-state index contributed by atoms with van der Waals surface area (Å²) in [6.45, 7) is 0. The minimum atomic E-state index is 0.540. The Labute approximate surface area is 85.8 Å². The first kappa shape index (κ1) is 9.24. The second-order valence-electron chi connectivity index (χ2n) is 3.03. The summed E-state index contributed by atoms with van der Waals surface area (Å²) in [4.78, 5) is 13.5. The van der Waals surface area contributed by atoms with E-state index in [1.54, 1.807) is 12.1 Å². The van der Waals surface area contributed by atoms with Gasteiger partial charge in [-0.15, -0.1) is 0 Å². The zero-order chi connectivity index (χ0) is 10.7. The van der Waals surface area contributed by atoms with Crippen molar-refractivity contribution in [1.29, 1.82) is 0 Å². The third-order valence-corrected chi connectivity index (χ3v) is 2.21. The van der Waals surface area contributed by atoms with Gasteiger partial charge in [-0.1, -0.05) is 41.5 Å². The predicted octanol–water partition coefficient (Wildman–Crippen LogP) is 3.59. The summed E-state index contributed by atoms with van der Waals surface area (Å²) in [5.74, 6) is 0. The molecule has 0 fully saturated rings. The lowest BCUT2D eigenvalue weighted by Crippen LogP contribution is -1.82. The van der Waals surface area contributed by atoms with E-state index in [0.717, 1.165) is 17.1 Å². The highest BCUT2D eigenvalue weighted by Crippen LogP contribution is 2.27. The number of hydrogen-bond acceptors (Lipinski definition) is 2. The van der Waals surface area contributed by atoms with Crippen molar-refractivity contribution in [3.8, 4) is 0 Å². The molecule has 4 heteroatoms. The predicted molar refractivity (Wildman–Crippen MR) is 58.1 cm³/mol. The lowest BCUT2D eigenvalue weighted by atomic mass is 10.0. The Morgan fingerprint density at radius 3 is 2.53 bits per heavy atom. The summed E-state index contributed by atoms with van der Waals surface area (Å²) in [7, 11) is 0. The molecule has 0 spiro atoms. The number of azide groups is 1. The molecular weight excluding hydrogens is 190 g/mol. The Kier molecular flexibility index (Phi) is 2.35. The minimum absolute atomic E-state index is 0.540. The fourth-order valence-corrected chi connectivity index (χ4v) is 1.54. The third-order valence-electron chi connectivity index (χ3n) is 2.21. The lowest BCUT2D eigenvalue weighted by molar-refractivity contribution is 0.112. The Balaban J connectivity index is 2.88. The smallest absolute Gasteiger partial charge is 0.150 e. The van der Waals surface area contributed by atoms with Gasteiger partial charge in [0.1, 0.15) is 0 Å². The van der Waals surface area contributed by atoms with Crippen molar-refractivity contribution in [3.63, 3.8) is 0 Å². The molecule has 0 saturated carbocycles. The van der Waals surface area contributed by atoms with Gasteiger partial charge >= 0.3 is 0 Å². The molecule has 0 aliphatic carbocycles. The summed E-state index contributed by atoms with van der Waals surface area (Å²) in [5, 5.41) is 5.17. The summed E-state index contributed by atoms with van der Waals surface area (Å²) < 4.78 is 0. The number of fused-ring (bicyclic) bond motifs is 1. The van der Waals surface area contributed by atoms with E-state index < -0.39 is 0 Å². The maximum absolute atomic E-state index is 10.8. The van der Waals surface area contributed by atoms with E-state index in [9.17, 15) is 4.79 Å². The van der Waals surface area contributed by atoms with Gasteiger partial charge in [0.25, 0.3) is 0 Å². The SMILES string of the molecule is [N-]=[N+]=Nc1ccc(C=O)c2ccccc12. The third kappa shape index (κ3) is 1.54. The standard InChI is InChI=1S/C11H7N3O/c12-14-13-11-6-5-8(7-15)9-3-1-2-4-10(9)11/h1-7H. The molecule has 0 aromatic heterocycles. The molecule has 2 aromatic carbocycles. The van der Waals surface area contributed by atoms with Crippen LogP contribution >= 0.6 is 0 Å². The van der Waals surface area contributed by atoms with Crippen molar-refractivity contribution in [2.45, 2.75) is 0 Å². The van der Waals surface area contributed by atoms with Crippen molar-refractivity contribution in [2.24, 2.45) is 5.11 Å². The molecule has 0 radical (unpaired) electrons. The van der Waals surface area contributed by atoms with Crippen LogP contribution in [0.4, 0.5) is 5.69 Å². The summed E-state index contributed by atoms with van der Waals surface area (Å²) in [6, 6.07) is 10.6. The van der Waals surface area contributed by atoms with E-state index >= 15 is 0 Å². The highest BCUT2D eigenvalue weighted by atomic mass is 16.1. The Morgan fingerprint density at radius 1 is 1.13 bits per heavy atom. The average molecular weight is 197 g/mol. The van der Waals surface area contributed by atoms with Crippen LogP contribution < -0.4 is 0 Å². The number of benzene rings is 2. The number of aldehydes is 1. The van der Waals surface area contributed by atoms with Gasteiger partial charge in [0.2, 0.25) is 0 Å². The average Bonchev–Trinajstić information content (AvgIpc) is 2.30. The number of carbonyl (C=O) groups excluding carboxylic acids is 1. The Morgan fingerprint density at radius 2 is 1.87 bits per heavy atom. The van der Waals surface area contributed by atoms with Crippen molar-refractivity contribution in [3.05, 3.63) is 52.4 Å². The molecule has 4 nitrogen and oxygen atoms in total. The first-order chi connectivity index (χ1) is 7.36. The monoisotopic (exact) mass is 197 g/mol. The summed E-state index contributed by atoms with van der Waals surface area (Å²) >= 11 is 0. The van der Waals surface area contributed by atoms with Crippen LogP contribution in [0.5, 0.6) is 0 Å². The first-order valence-corrected chi connectivity index (χ1v) is 4.39.